The summed E-state index contributed by atoms with van der Waals surface area (Å²) in [5, 5.41) is 11.4. The Morgan fingerprint density at radius 1 is 0.412 bits per heavy atom. The number of allylic oxidation sites excluding steroid dienone is 4. The molecule has 0 atom stereocenters. The second-order valence-electron chi connectivity index (χ2n) is 17.8. The van der Waals surface area contributed by atoms with Crippen LogP contribution in [-0.2, 0) is 0 Å². The van der Waals surface area contributed by atoms with Crippen molar-refractivity contribution < 1.29 is 4.42 Å². The van der Waals surface area contributed by atoms with E-state index in [1.807, 2.05) is 6.07 Å². The molecular weight excluding hydrogens is 829 g/mol. The Morgan fingerprint density at radius 2 is 1.06 bits per heavy atom. The summed E-state index contributed by atoms with van der Waals surface area (Å²) in [7, 11) is 0. The molecule has 0 aliphatic heterocycles. The molecule has 1 aliphatic carbocycles. The zero-order valence-corrected chi connectivity index (χ0v) is 36.9. The van der Waals surface area contributed by atoms with Gasteiger partial charge >= 0.3 is 0 Å². The zero-order valence-electron chi connectivity index (χ0n) is 36.9. The van der Waals surface area contributed by atoms with Gasteiger partial charge in [0.1, 0.15) is 5.58 Å². The molecule has 3 heterocycles. The Bertz CT molecular complexity index is 4170. The van der Waals surface area contributed by atoms with Gasteiger partial charge in [0.05, 0.1) is 16.7 Å². The SMILES string of the molecule is C1=CCCC(c2ccc3c(c2)c2c4ccccc4c(-c4ccccc4)cc2n3-c2cccc3c2oc2cccc(-c4nc(-c5ccc6ccccc6c5)nc(-c5ccc6ccccc6c5)n4)c23)=C1. The summed E-state index contributed by atoms with van der Waals surface area (Å²) in [5.41, 5.74) is 12.5. The Kier molecular flexibility index (Phi) is 8.65. The van der Waals surface area contributed by atoms with Crippen molar-refractivity contribution in [3.63, 3.8) is 0 Å². The predicted molar refractivity (Wildman–Crippen MR) is 282 cm³/mol. The van der Waals surface area contributed by atoms with Crippen LogP contribution in [-0.4, -0.2) is 19.5 Å². The highest BCUT2D eigenvalue weighted by atomic mass is 16.3. The number of fused-ring (bicyclic) bond motifs is 10. The standard InChI is InChI=1S/C63H40N4O/c1-3-15-39(16-4-1)45-33-34-54-53(37-45)58-49-24-12-11-23-48(49)52(42-19-5-2-6-20-42)38-56(58)67(54)55-27-13-25-50-59-51(26-14-28-57(59)68-60(50)55)63-65-61(46-31-29-40-17-7-9-21-43(40)35-46)64-62(66-63)47-32-30-41-18-8-10-22-44(41)36-47/h1-3,5-15,17-38H,4,16H2. The van der Waals surface area contributed by atoms with Crippen molar-refractivity contribution in [2.24, 2.45) is 0 Å². The van der Waals surface area contributed by atoms with E-state index in [-0.39, 0.29) is 0 Å². The number of rotatable bonds is 6. The van der Waals surface area contributed by atoms with Gasteiger partial charge in [-0.25, -0.2) is 15.0 Å². The van der Waals surface area contributed by atoms with Gasteiger partial charge in [-0.2, -0.15) is 0 Å². The van der Waals surface area contributed by atoms with E-state index in [9.17, 15) is 0 Å². The van der Waals surface area contributed by atoms with Crippen LogP contribution < -0.4 is 0 Å². The predicted octanol–water partition coefficient (Wildman–Crippen LogP) is 16.7. The minimum Gasteiger partial charge on any atom is -0.454 e. The monoisotopic (exact) mass is 868 g/mol. The number of nitrogens with zero attached hydrogens (tertiary/aromatic N) is 4. The van der Waals surface area contributed by atoms with Crippen LogP contribution >= 0.6 is 0 Å². The van der Waals surface area contributed by atoms with E-state index in [2.05, 4.69) is 217 Å². The first-order valence-corrected chi connectivity index (χ1v) is 23.3. The minimum absolute atomic E-state index is 0.584. The number of para-hydroxylation sites is 1. The van der Waals surface area contributed by atoms with Gasteiger partial charge in [0.15, 0.2) is 23.1 Å². The van der Waals surface area contributed by atoms with E-state index in [0.717, 1.165) is 89.7 Å². The molecule has 14 rings (SSSR count). The van der Waals surface area contributed by atoms with Crippen LogP contribution in [0.15, 0.2) is 223 Å². The normalized spacial score (nSPS) is 12.9. The minimum atomic E-state index is 0.584. The molecule has 3 aromatic heterocycles. The summed E-state index contributed by atoms with van der Waals surface area (Å²) in [6.45, 7) is 0. The van der Waals surface area contributed by atoms with Gasteiger partial charge in [-0.15, -0.1) is 0 Å². The molecule has 0 fully saturated rings. The Morgan fingerprint density at radius 3 is 1.79 bits per heavy atom. The van der Waals surface area contributed by atoms with Gasteiger partial charge in [-0.05, 0) is 110 Å². The Labute approximate surface area is 391 Å². The van der Waals surface area contributed by atoms with Gasteiger partial charge in [-0.3, -0.25) is 0 Å². The first kappa shape index (κ1) is 38.3. The number of hydrogen-bond acceptors (Lipinski definition) is 4. The van der Waals surface area contributed by atoms with Crippen LogP contribution in [0.25, 0.3) is 133 Å². The van der Waals surface area contributed by atoms with Gasteiger partial charge < -0.3 is 8.98 Å². The van der Waals surface area contributed by atoms with Crippen LogP contribution in [0.3, 0.4) is 0 Å². The molecule has 0 saturated carbocycles. The number of hydrogen-bond donors (Lipinski definition) is 0. The third kappa shape index (κ3) is 6.13. The first-order valence-electron chi connectivity index (χ1n) is 23.3. The zero-order chi connectivity index (χ0) is 44.7. The van der Waals surface area contributed by atoms with Crippen molar-refractivity contribution >= 4 is 81.6 Å². The largest absolute Gasteiger partial charge is 0.454 e. The van der Waals surface area contributed by atoms with Crippen molar-refractivity contribution in [1.82, 2.24) is 19.5 Å². The van der Waals surface area contributed by atoms with Crippen LogP contribution in [0.4, 0.5) is 0 Å². The Balaban J connectivity index is 1.02. The highest BCUT2D eigenvalue weighted by Crippen LogP contribution is 2.45. The summed E-state index contributed by atoms with van der Waals surface area (Å²) in [4.78, 5) is 15.8. The average Bonchev–Trinajstić information content (AvgIpc) is 3.96. The third-order valence-electron chi connectivity index (χ3n) is 13.9. The molecule has 0 bridgehead atoms. The van der Waals surface area contributed by atoms with Crippen LogP contribution in [0.2, 0.25) is 0 Å². The topological polar surface area (TPSA) is 56.7 Å². The van der Waals surface area contributed by atoms with Gasteiger partial charge in [-0.1, -0.05) is 176 Å². The molecule has 10 aromatic carbocycles. The molecule has 0 amide bonds. The molecule has 0 radical (unpaired) electrons. The van der Waals surface area contributed by atoms with E-state index in [0.29, 0.717) is 17.5 Å². The fraction of sp³-hybridized carbons (Fsp3) is 0.0317. The lowest BCUT2D eigenvalue weighted by Gasteiger charge is -2.12. The van der Waals surface area contributed by atoms with Gasteiger partial charge in [0.25, 0.3) is 0 Å². The van der Waals surface area contributed by atoms with E-state index < -0.39 is 0 Å². The highest BCUT2D eigenvalue weighted by Gasteiger charge is 2.24. The molecule has 5 nitrogen and oxygen atoms in total. The average molecular weight is 869 g/mol. The molecule has 68 heavy (non-hydrogen) atoms. The van der Waals surface area contributed by atoms with Crippen molar-refractivity contribution in [2.45, 2.75) is 12.8 Å². The molecule has 0 spiro atoms. The smallest absolute Gasteiger partial charge is 0.164 e. The third-order valence-corrected chi connectivity index (χ3v) is 13.9. The second-order valence-corrected chi connectivity index (χ2v) is 17.8. The second kappa shape index (κ2) is 15.3. The number of furan rings is 1. The molecule has 0 N–H and O–H groups in total. The fourth-order valence-corrected chi connectivity index (χ4v) is 10.6. The maximum Gasteiger partial charge on any atom is 0.164 e. The Hall–Kier alpha value is -8.93. The lowest BCUT2D eigenvalue weighted by molar-refractivity contribution is 0.666. The van der Waals surface area contributed by atoms with E-state index in [1.165, 1.54) is 43.8 Å². The number of benzene rings is 10. The van der Waals surface area contributed by atoms with Gasteiger partial charge in [0, 0.05) is 38.2 Å². The van der Waals surface area contributed by atoms with Crippen molar-refractivity contribution in [3.8, 4) is 51.0 Å². The summed E-state index contributed by atoms with van der Waals surface area (Å²) in [6.07, 6.45) is 8.78. The van der Waals surface area contributed by atoms with E-state index >= 15 is 0 Å². The molecule has 1 aliphatic rings. The first-order chi connectivity index (χ1) is 33.7. The van der Waals surface area contributed by atoms with Crippen LogP contribution in [0.5, 0.6) is 0 Å². The summed E-state index contributed by atoms with van der Waals surface area (Å²) in [5.74, 6) is 1.81. The van der Waals surface area contributed by atoms with Crippen LogP contribution in [0.1, 0.15) is 18.4 Å². The molecule has 13 aromatic rings. The van der Waals surface area contributed by atoms with E-state index in [4.69, 9.17) is 19.4 Å². The van der Waals surface area contributed by atoms with Crippen LogP contribution in [0, 0.1) is 0 Å². The van der Waals surface area contributed by atoms with E-state index in [1.54, 1.807) is 0 Å². The summed E-state index contributed by atoms with van der Waals surface area (Å²) < 4.78 is 9.53. The highest BCUT2D eigenvalue weighted by molar-refractivity contribution is 6.25. The molecule has 0 unspecified atom stereocenters. The van der Waals surface area contributed by atoms with Crippen molar-refractivity contribution in [2.75, 3.05) is 0 Å². The van der Waals surface area contributed by atoms with Crippen molar-refractivity contribution in [3.05, 3.63) is 224 Å². The maximum atomic E-state index is 7.11. The summed E-state index contributed by atoms with van der Waals surface area (Å²) in [6, 6.07) is 71.4. The molecular formula is C63H40N4O. The maximum absolute atomic E-state index is 7.11. The molecule has 0 saturated heterocycles. The number of aromatic nitrogens is 4. The fourth-order valence-electron chi connectivity index (χ4n) is 10.6. The molecule has 318 valence electrons. The van der Waals surface area contributed by atoms with Crippen molar-refractivity contribution in [1.29, 1.82) is 0 Å². The van der Waals surface area contributed by atoms with Gasteiger partial charge in [0.2, 0.25) is 0 Å². The lowest BCUT2D eigenvalue weighted by Crippen LogP contribution is -2.00. The lowest BCUT2D eigenvalue weighted by atomic mass is 9.93. The quantitative estimate of drug-likeness (QED) is 0.167. The molecule has 5 heteroatoms. The summed E-state index contributed by atoms with van der Waals surface area (Å²) >= 11 is 0.